The number of hydrogen-bond donors (Lipinski definition) is 2. The molecule has 1 aromatic rings. The van der Waals surface area contributed by atoms with Crippen LogP contribution in [0, 0.1) is 5.92 Å². The van der Waals surface area contributed by atoms with Crippen molar-refractivity contribution in [3.8, 4) is 0 Å². The standard InChI is InChI=1S/C12H16N2O/c13-11-5-3-9(4-6-11)7-12(15)14-8-10-1-2-10/h3-6,10H,1-2,7-8,13H2,(H,14,15). The zero-order valence-electron chi connectivity index (χ0n) is 8.70. The molecule has 80 valence electrons. The van der Waals surface area contributed by atoms with E-state index in [0.29, 0.717) is 6.42 Å². The molecule has 1 aliphatic rings. The van der Waals surface area contributed by atoms with Gasteiger partial charge in [-0.15, -0.1) is 0 Å². The lowest BCUT2D eigenvalue weighted by Gasteiger charge is -2.04. The second-order valence-electron chi connectivity index (χ2n) is 4.17. The average Bonchev–Trinajstić information content (AvgIpc) is 3.02. The number of rotatable bonds is 4. The molecule has 1 aromatic carbocycles. The number of carbonyl (C=O) groups excluding carboxylic acids is 1. The Morgan fingerprint density at radius 1 is 1.33 bits per heavy atom. The summed E-state index contributed by atoms with van der Waals surface area (Å²) in [6, 6.07) is 7.44. The molecular formula is C12H16N2O. The largest absolute Gasteiger partial charge is 0.399 e. The minimum atomic E-state index is 0.103. The van der Waals surface area contributed by atoms with Gasteiger partial charge in [-0.2, -0.15) is 0 Å². The third-order valence-corrected chi connectivity index (χ3v) is 2.63. The van der Waals surface area contributed by atoms with Gasteiger partial charge < -0.3 is 11.1 Å². The molecule has 3 heteroatoms. The molecular weight excluding hydrogens is 188 g/mol. The van der Waals surface area contributed by atoms with E-state index in [2.05, 4.69) is 5.32 Å². The maximum absolute atomic E-state index is 11.5. The van der Waals surface area contributed by atoms with E-state index in [1.165, 1.54) is 12.8 Å². The van der Waals surface area contributed by atoms with Gasteiger partial charge in [-0.1, -0.05) is 12.1 Å². The van der Waals surface area contributed by atoms with Crippen molar-refractivity contribution in [3.63, 3.8) is 0 Å². The summed E-state index contributed by atoms with van der Waals surface area (Å²) < 4.78 is 0. The molecule has 1 amide bonds. The van der Waals surface area contributed by atoms with Crippen LogP contribution in [0.25, 0.3) is 0 Å². The molecule has 0 heterocycles. The Morgan fingerprint density at radius 2 is 2.00 bits per heavy atom. The second-order valence-corrected chi connectivity index (χ2v) is 4.17. The minimum absolute atomic E-state index is 0.103. The normalized spacial score (nSPS) is 14.9. The number of nitrogens with two attached hydrogens (primary N) is 1. The first-order chi connectivity index (χ1) is 7.24. The smallest absolute Gasteiger partial charge is 0.224 e. The maximum Gasteiger partial charge on any atom is 0.224 e. The number of nitrogen functional groups attached to an aromatic ring is 1. The fraction of sp³-hybridized carbons (Fsp3) is 0.417. The Hall–Kier alpha value is -1.51. The van der Waals surface area contributed by atoms with Crippen LogP contribution in [-0.4, -0.2) is 12.5 Å². The number of nitrogens with one attached hydrogen (secondary N) is 1. The molecule has 15 heavy (non-hydrogen) atoms. The topological polar surface area (TPSA) is 55.1 Å². The highest BCUT2D eigenvalue weighted by molar-refractivity contribution is 5.78. The van der Waals surface area contributed by atoms with Crippen LogP contribution in [0.3, 0.4) is 0 Å². The lowest BCUT2D eigenvalue weighted by atomic mass is 10.1. The average molecular weight is 204 g/mol. The van der Waals surface area contributed by atoms with Crippen molar-refractivity contribution < 1.29 is 4.79 Å². The highest BCUT2D eigenvalue weighted by Gasteiger charge is 2.21. The van der Waals surface area contributed by atoms with E-state index < -0.39 is 0 Å². The highest BCUT2D eigenvalue weighted by atomic mass is 16.1. The lowest BCUT2D eigenvalue weighted by Crippen LogP contribution is -2.27. The van der Waals surface area contributed by atoms with Gasteiger partial charge in [0, 0.05) is 12.2 Å². The molecule has 0 saturated heterocycles. The summed E-state index contributed by atoms with van der Waals surface area (Å²) in [7, 11) is 0. The van der Waals surface area contributed by atoms with Crippen molar-refractivity contribution in [1.29, 1.82) is 0 Å². The summed E-state index contributed by atoms with van der Waals surface area (Å²) in [6.45, 7) is 0.841. The number of amides is 1. The first kappa shape index (κ1) is 10.0. The Bertz CT molecular complexity index is 341. The fourth-order valence-electron chi connectivity index (χ4n) is 1.46. The van der Waals surface area contributed by atoms with Gasteiger partial charge in [0.15, 0.2) is 0 Å². The molecule has 0 bridgehead atoms. The van der Waals surface area contributed by atoms with Crippen LogP contribution in [0.2, 0.25) is 0 Å². The molecule has 0 aliphatic heterocycles. The zero-order valence-corrected chi connectivity index (χ0v) is 8.70. The molecule has 3 N–H and O–H groups in total. The van der Waals surface area contributed by atoms with Crippen LogP contribution in [-0.2, 0) is 11.2 Å². The Kier molecular flexibility index (Phi) is 2.90. The van der Waals surface area contributed by atoms with Crippen LogP contribution in [0.4, 0.5) is 5.69 Å². The molecule has 0 unspecified atom stereocenters. The maximum atomic E-state index is 11.5. The fourth-order valence-corrected chi connectivity index (χ4v) is 1.46. The molecule has 0 radical (unpaired) electrons. The predicted octanol–water partition coefficient (Wildman–Crippen LogP) is 1.34. The van der Waals surface area contributed by atoms with Crippen molar-refractivity contribution in [2.75, 3.05) is 12.3 Å². The summed E-state index contributed by atoms with van der Waals surface area (Å²) in [6.07, 6.45) is 2.98. The monoisotopic (exact) mass is 204 g/mol. The lowest BCUT2D eigenvalue weighted by molar-refractivity contribution is -0.120. The van der Waals surface area contributed by atoms with Gasteiger partial charge in [0.25, 0.3) is 0 Å². The second kappa shape index (κ2) is 4.34. The van der Waals surface area contributed by atoms with E-state index in [4.69, 9.17) is 5.73 Å². The van der Waals surface area contributed by atoms with Crippen molar-refractivity contribution in [2.24, 2.45) is 5.92 Å². The zero-order chi connectivity index (χ0) is 10.7. The molecule has 1 saturated carbocycles. The van der Waals surface area contributed by atoms with Crippen molar-refractivity contribution in [3.05, 3.63) is 29.8 Å². The van der Waals surface area contributed by atoms with E-state index >= 15 is 0 Å². The van der Waals surface area contributed by atoms with Crippen molar-refractivity contribution >= 4 is 11.6 Å². The van der Waals surface area contributed by atoms with Gasteiger partial charge in [0.2, 0.25) is 5.91 Å². The van der Waals surface area contributed by atoms with Gasteiger partial charge in [0.1, 0.15) is 0 Å². The molecule has 3 nitrogen and oxygen atoms in total. The molecule has 0 spiro atoms. The van der Waals surface area contributed by atoms with Crippen LogP contribution in [0.1, 0.15) is 18.4 Å². The Labute approximate surface area is 89.7 Å². The molecule has 1 aliphatic carbocycles. The summed E-state index contributed by atoms with van der Waals surface area (Å²) in [5, 5.41) is 2.94. The van der Waals surface area contributed by atoms with Crippen molar-refractivity contribution in [1.82, 2.24) is 5.32 Å². The highest BCUT2D eigenvalue weighted by Crippen LogP contribution is 2.27. The summed E-state index contributed by atoms with van der Waals surface area (Å²) in [5.41, 5.74) is 7.31. The van der Waals surface area contributed by atoms with E-state index in [1.54, 1.807) is 0 Å². The van der Waals surface area contributed by atoms with Gasteiger partial charge in [-0.3, -0.25) is 4.79 Å². The SMILES string of the molecule is Nc1ccc(CC(=O)NCC2CC2)cc1. The van der Waals surface area contributed by atoms with Gasteiger partial charge in [0.05, 0.1) is 6.42 Å². The van der Waals surface area contributed by atoms with Gasteiger partial charge >= 0.3 is 0 Å². The van der Waals surface area contributed by atoms with Crippen LogP contribution < -0.4 is 11.1 Å². The van der Waals surface area contributed by atoms with E-state index in [9.17, 15) is 4.79 Å². The molecule has 2 rings (SSSR count). The van der Waals surface area contributed by atoms with E-state index in [1.807, 2.05) is 24.3 Å². The molecule has 0 atom stereocenters. The number of carbonyl (C=O) groups is 1. The van der Waals surface area contributed by atoms with E-state index in [0.717, 1.165) is 23.7 Å². The quantitative estimate of drug-likeness (QED) is 0.727. The van der Waals surface area contributed by atoms with Crippen LogP contribution in [0.5, 0.6) is 0 Å². The third kappa shape index (κ3) is 3.27. The van der Waals surface area contributed by atoms with Gasteiger partial charge in [-0.25, -0.2) is 0 Å². The summed E-state index contributed by atoms with van der Waals surface area (Å²) >= 11 is 0. The molecule has 0 aromatic heterocycles. The predicted molar refractivity (Wildman–Crippen MR) is 60.3 cm³/mol. The van der Waals surface area contributed by atoms with E-state index in [-0.39, 0.29) is 5.91 Å². The van der Waals surface area contributed by atoms with Gasteiger partial charge in [-0.05, 0) is 36.5 Å². The summed E-state index contributed by atoms with van der Waals surface area (Å²) in [5.74, 6) is 0.840. The van der Waals surface area contributed by atoms with Crippen LogP contribution >= 0.6 is 0 Å². The first-order valence-corrected chi connectivity index (χ1v) is 5.35. The number of anilines is 1. The third-order valence-electron chi connectivity index (χ3n) is 2.63. The first-order valence-electron chi connectivity index (χ1n) is 5.35. The molecule has 1 fully saturated rings. The minimum Gasteiger partial charge on any atom is -0.399 e. The number of benzene rings is 1. The Balaban J connectivity index is 1.79. The van der Waals surface area contributed by atoms with Crippen molar-refractivity contribution in [2.45, 2.75) is 19.3 Å². The number of hydrogen-bond acceptors (Lipinski definition) is 2. The van der Waals surface area contributed by atoms with Crippen LogP contribution in [0.15, 0.2) is 24.3 Å². The Morgan fingerprint density at radius 3 is 2.60 bits per heavy atom. The summed E-state index contributed by atoms with van der Waals surface area (Å²) in [4.78, 5) is 11.5.